The van der Waals surface area contributed by atoms with Crippen LogP contribution in [-0.4, -0.2) is 35.2 Å². The van der Waals surface area contributed by atoms with E-state index in [1.807, 2.05) is 0 Å². The maximum Gasteiger partial charge on any atom is 0.0695 e. The van der Waals surface area contributed by atoms with Crippen LogP contribution in [-0.2, 0) is 0 Å². The van der Waals surface area contributed by atoms with E-state index in [0.29, 0.717) is 12.1 Å². The normalized spacial score (nSPS) is 31.1. The average Bonchev–Trinajstić information content (AvgIpc) is 2.47. The summed E-state index contributed by atoms with van der Waals surface area (Å²) in [5.41, 5.74) is 0.289. The molecule has 3 atom stereocenters. The van der Waals surface area contributed by atoms with Crippen LogP contribution in [0.15, 0.2) is 0 Å². The maximum atomic E-state index is 9.83. The molecular weight excluding hydrogens is 174 g/mol. The zero-order chi connectivity index (χ0) is 10.9. The van der Waals surface area contributed by atoms with Gasteiger partial charge in [0.15, 0.2) is 0 Å². The van der Waals surface area contributed by atoms with Gasteiger partial charge in [-0.15, -0.1) is 0 Å². The van der Waals surface area contributed by atoms with Crippen molar-refractivity contribution in [3.05, 3.63) is 0 Å². The summed E-state index contributed by atoms with van der Waals surface area (Å²) in [6, 6.07) is 0.893. The second-order valence-electron chi connectivity index (χ2n) is 5.77. The minimum absolute atomic E-state index is 0.107. The zero-order valence-corrected chi connectivity index (χ0v) is 10.2. The summed E-state index contributed by atoms with van der Waals surface area (Å²) in [5, 5.41) is 9.83. The summed E-state index contributed by atoms with van der Waals surface area (Å²) >= 11 is 0. The van der Waals surface area contributed by atoms with Gasteiger partial charge in [0.2, 0.25) is 0 Å². The first-order valence-electron chi connectivity index (χ1n) is 5.74. The van der Waals surface area contributed by atoms with E-state index in [9.17, 15) is 5.11 Å². The molecule has 0 spiro atoms. The fraction of sp³-hybridized carbons (Fsp3) is 1.00. The van der Waals surface area contributed by atoms with Crippen LogP contribution in [0.25, 0.3) is 0 Å². The average molecular weight is 199 g/mol. The van der Waals surface area contributed by atoms with Crippen molar-refractivity contribution in [3.8, 4) is 0 Å². The molecule has 1 rings (SSSR count). The monoisotopic (exact) mass is 199 g/mol. The van der Waals surface area contributed by atoms with Gasteiger partial charge >= 0.3 is 0 Å². The van der Waals surface area contributed by atoms with E-state index in [2.05, 4.69) is 39.6 Å². The predicted molar refractivity (Wildman–Crippen MR) is 60.3 cm³/mol. The number of rotatable bonds is 2. The van der Waals surface area contributed by atoms with Gasteiger partial charge in [0.05, 0.1) is 6.10 Å². The highest BCUT2D eigenvalue weighted by Gasteiger charge is 2.34. The highest BCUT2D eigenvalue weighted by atomic mass is 16.3. The van der Waals surface area contributed by atoms with Crippen molar-refractivity contribution in [1.29, 1.82) is 0 Å². The van der Waals surface area contributed by atoms with E-state index in [1.165, 1.54) is 6.42 Å². The molecule has 2 nitrogen and oxygen atoms in total. The molecule has 0 saturated heterocycles. The topological polar surface area (TPSA) is 23.5 Å². The molecule has 0 radical (unpaired) electrons. The Bertz CT molecular complexity index is 183. The number of hydrogen-bond acceptors (Lipinski definition) is 2. The van der Waals surface area contributed by atoms with Crippen LogP contribution < -0.4 is 0 Å². The van der Waals surface area contributed by atoms with E-state index in [-0.39, 0.29) is 11.5 Å². The van der Waals surface area contributed by atoms with E-state index >= 15 is 0 Å². The molecule has 0 aromatic rings. The zero-order valence-electron chi connectivity index (χ0n) is 10.2. The number of aliphatic hydroxyl groups is 1. The van der Waals surface area contributed by atoms with Crippen LogP contribution in [0.3, 0.4) is 0 Å². The van der Waals surface area contributed by atoms with Gasteiger partial charge in [-0.25, -0.2) is 0 Å². The molecular formula is C12H25NO. The van der Waals surface area contributed by atoms with Crippen LogP contribution in [0.2, 0.25) is 0 Å². The molecule has 0 aromatic carbocycles. The van der Waals surface area contributed by atoms with Gasteiger partial charge in [0.25, 0.3) is 0 Å². The Morgan fingerprint density at radius 1 is 1.29 bits per heavy atom. The molecule has 84 valence electrons. The molecule has 0 bridgehead atoms. The summed E-state index contributed by atoms with van der Waals surface area (Å²) < 4.78 is 0. The first-order valence-corrected chi connectivity index (χ1v) is 5.74. The lowest BCUT2D eigenvalue weighted by Gasteiger charge is -2.40. The van der Waals surface area contributed by atoms with Gasteiger partial charge in [0.1, 0.15) is 0 Å². The van der Waals surface area contributed by atoms with Crippen molar-refractivity contribution in [2.45, 2.75) is 65.1 Å². The lowest BCUT2D eigenvalue weighted by atomic mass is 9.86. The minimum atomic E-state index is -0.107. The van der Waals surface area contributed by atoms with Crippen molar-refractivity contribution >= 4 is 0 Å². The highest BCUT2D eigenvalue weighted by Crippen LogP contribution is 2.30. The largest absolute Gasteiger partial charge is 0.391 e. The molecule has 1 unspecified atom stereocenters. The van der Waals surface area contributed by atoms with Crippen molar-refractivity contribution in [2.24, 2.45) is 5.41 Å². The summed E-state index contributed by atoms with van der Waals surface area (Å²) in [6.07, 6.45) is 3.20. The van der Waals surface area contributed by atoms with Crippen molar-refractivity contribution in [2.75, 3.05) is 7.05 Å². The molecule has 1 aliphatic rings. The lowest BCUT2D eigenvalue weighted by molar-refractivity contribution is 0.0322. The first-order chi connectivity index (χ1) is 6.34. The van der Waals surface area contributed by atoms with Crippen molar-refractivity contribution in [3.63, 3.8) is 0 Å². The Morgan fingerprint density at radius 3 is 2.21 bits per heavy atom. The molecule has 1 N–H and O–H groups in total. The van der Waals surface area contributed by atoms with Gasteiger partial charge in [-0.05, 0) is 38.6 Å². The maximum absolute atomic E-state index is 9.83. The van der Waals surface area contributed by atoms with Crippen molar-refractivity contribution in [1.82, 2.24) is 4.90 Å². The summed E-state index contributed by atoms with van der Waals surface area (Å²) in [4.78, 5) is 2.36. The second kappa shape index (κ2) is 4.19. The van der Waals surface area contributed by atoms with Crippen LogP contribution in [0, 0.1) is 5.41 Å². The Labute approximate surface area is 88.3 Å². The number of hydrogen-bond donors (Lipinski definition) is 1. The predicted octanol–water partition coefficient (Wildman–Crippen LogP) is 2.27. The third-order valence-electron chi connectivity index (χ3n) is 3.83. The van der Waals surface area contributed by atoms with Crippen LogP contribution >= 0.6 is 0 Å². The second-order valence-corrected chi connectivity index (χ2v) is 5.77. The number of likely N-dealkylation sites (N-methyl/N-ethyl adjacent to an activating group) is 1. The third kappa shape index (κ3) is 2.48. The van der Waals surface area contributed by atoms with Crippen LogP contribution in [0.5, 0.6) is 0 Å². The molecule has 1 saturated carbocycles. The smallest absolute Gasteiger partial charge is 0.0695 e. The highest BCUT2D eigenvalue weighted by molar-refractivity contribution is 4.89. The van der Waals surface area contributed by atoms with E-state index in [4.69, 9.17) is 0 Å². The van der Waals surface area contributed by atoms with E-state index in [1.54, 1.807) is 0 Å². The molecule has 0 aliphatic heterocycles. The Kier molecular flexibility index (Phi) is 3.59. The molecule has 14 heavy (non-hydrogen) atoms. The van der Waals surface area contributed by atoms with Gasteiger partial charge in [0, 0.05) is 12.1 Å². The van der Waals surface area contributed by atoms with E-state index in [0.717, 1.165) is 12.8 Å². The van der Waals surface area contributed by atoms with Gasteiger partial charge in [-0.2, -0.15) is 0 Å². The van der Waals surface area contributed by atoms with Crippen LogP contribution in [0.1, 0.15) is 47.0 Å². The Morgan fingerprint density at radius 2 is 1.86 bits per heavy atom. The Balaban J connectivity index is 2.60. The number of aliphatic hydroxyl groups excluding tert-OH is 1. The lowest BCUT2D eigenvalue weighted by Crippen LogP contribution is -2.48. The number of nitrogens with zero attached hydrogens (tertiary/aromatic N) is 1. The molecule has 1 aliphatic carbocycles. The standard InChI is InChI=1S/C12H25NO/c1-9(12(2,3)4)13(5)10-7-6-8-11(10)14/h9-11,14H,6-8H2,1-5H3/t9?,10-,11-/m0/s1. The quantitative estimate of drug-likeness (QED) is 0.737. The summed E-state index contributed by atoms with van der Waals surface area (Å²) in [5.74, 6) is 0. The van der Waals surface area contributed by atoms with Crippen molar-refractivity contribution < 1.29 is 5.11 Å². The molecule has 0 heterocycles. The molecule has 2 heteroatoms. The third-order valence-corrected chi connectivity index (χ3v) is 3.83. The van der Waals surface area contributed by atoms with Gasteiger partial charge < -0.3 is 5.11 Å². The SMILES string of the molecule is CC(N(C)[C@H]1CCC[C@@H]1O)C(C)(C)C. The summed E-state index contributed by atoms with van der Waals surface area (Å²) in [7, 11) is 2.15. The molecule has 0 aromatic heterocycles. The van der Waals surface area contributed by atoms with Crippen LogP contribution in [0.4, 0.5) is 0 Å². The Hall–Kier alpha value is -0.0800. The van der Waals surface area contributed by atoms with Gasteiger partial charge in [-0.1, -0.05) is 20.8 Å². The minimum Gasteiger partial charge on any atom is -0.391 e. The molecule has 1 fully saturated rings. The first kappa shape index (κ1) is 12.0. The fourth-order valence-corrected chi connectivity index (χ4v) is 2.29. The summed E-state index contributed by atoms with van der Waals surface area (Å²) in [6.45, 7) is 9.03. The van der Waals surface area contributed by atoms with Gasteiger partial charge in [-0.3, -0.25) is 4.90 Å². The molecule has 0 amide bonds. The van der Waals surface area contributed by atoms with E-state index < -0.39 is 0 Å². The fourth-order valence-electron chi connectivity index (χ4n) is 2.29.